The van der Waals surface area contributed by atoms with Crippen LogP contribution in [0.25, 0.3) is 11.4 Å². The molecule has 0 atom stereocenters. The second-order valence-electron chi connectivity index (χ2n) is 6.50. The fourth-order valence-corrected chi connectivity index (χ4v) is 1.79. The third-order valence-electron chi connectivity index (χ3n) is 3.23. The van der Waals surface area contributed by atoms with Gasteiger partial charge in [0.2, 0.25) is 0 Å². The second-order valence-corrected chi connectivity index (χ2v) is 6.50. The van der Waals surface area contributed by atoms with Crippen LogP contribution in [0.1, 0.15) is 57.9 Å². The zero-order chi connectivity index (χ0) is 16.0. The van der Waals surface area contributed by atoms with Gasteiger partial charge in [-0.25, -0.2) is 9.97 Å². The molecule has 0 unspecified atom stereocenters. The molecule has 0 N–H and O–H groups in total. The smallest absolute Gasteiger partial charge is 0.159 e. The Kier molecular flexibility index (Phi) is 6.07. The van der Waals surface area contributed by atoms with E-state index in [0.717, 1.165) is 22.6 Å². The summed E-state index contributed by atoms with van der Waals surface area (Å²) in [4.78, 5) is 8.91. The maximum absolute atomic E-state index is 4.52. The first kappa shape index (κ1) is 17.4. The lowest BCUT2D eigenvalue weighted by atomic mass is 9.87. The molecular weight excluding hydrogens is 256 g/mol. The number of hydrogen-bond acceptors (Lipinski definition) is 2. The fourth-order valence-electron chi connectivity index (χ4n) is 1.79. The highest BCUT2D eigenvalue weighted by Gasteiger charge is 2.13. The summed E-state index contributed by atoms with van der Waals surface area (Å²) in [5.74, 6) is 0.804. The van der Waals surface area contributed by atoms with Crippen molar-refractivity contribution in [2.75, 3.05) is 0 Å². The number of hydrogen-bond donors (Lipinski definition) is 0. The lowest BCUT2D eigenvalue weighted by Crippen LogP contribution is -2.10. The van der Waals surface area contributed by atoms with E-state index in [1.54, 1.807) is 0 Å². The summed E-state index contributed by atoms with van der Waals surface area (Å²) < 4.78 is 0. The van der Waals surface area contributed by atoms with Crippen molar-refractivity contribution in [3.05, 3.63) is 47.3 Å². The third kappa shape index (κ3) is 4.96. The van der Waals surface area contributed by atoms with Crippen molar-refractivity contribution in [3.63, 3.8) is 0 Å². The maximum atomic E-state index is 4.52. The van der Waals surface area contributed by atoms with Crippen molar-refractivity contribution in [1.29, 1.82) is 0 Å². The summed E-state index contributed by atoms with van der Waals surface area (Å²) >= 11 is 0. The lowest BCUT2D eigenvalue weighted by Gasteiger charge is -2.19. The van der Waals surface area contributed by atoms with Gasteiger partial charge in [0.05, 0.1) is 0 Å². The Morgan fingerprint density at radius 2 is 1.48 bits per heavy atom. The van der Waals surface area contributed by atoms with Gasteiger partial charge in [-0.15, -0.1) is 0 Å². The van der Waals surface area contributed by atoms with Crippen molar-refractivity contribution in [1.82, 2.24) is 9.97 Å². The fraction of sp³-hybridized carbons (Fsp3) is 0.474. The van der Waals surface area contributed by atoms with E-state index in [9.17, 15) is 0 Å². The first-order chi connectivity index (χ1) is 9.79. The largest absolute Gasteiger partial charge is 0.236 e. The average Bonchev–Trinajstić information content (AvgIpc) is 2.42. The summed E-state index contributed by atoms with van der Waals surface area (Å²) in [6, 6.07) is 8.52. The van der Waals surface area contributed by atoms with E-state index < -0.39 is 0 Å². The van der Waals surface area contributed by atoms with Gasteiger partial charge < -0.3 is 0 Å². The Labute approximate surface area is 129 Å². The molecular formula is C19H28N2. The minimum atomic E-state index is 0.183. The van der Waals surface area contributed by atoms with Gasteiger partial charge in [-0.2, -0.15) is 0 Å². The summed E-state index contributed by atoms with van der Waals surface area (Å²) in [5, 5.41) is 0. The van der Waals surface area contributed by atoms with E-state index in [1.165, 1.54) is 12.0 Å². The molecule has 0 saturated heterocycles. The van der Waals surface area contributed by atoms with E-state index in [0.29, 0.717) is 0 Å². The van der Waals surface area contributed by atoms with Crippen LogP contribution in [0.2, 0.25) is 0 Å². The van der Waals surface area contributed by atoms with E-state index in [-0.39, 0.29) is 5.41 Å². The number of nitrogens with zero attached hydrogens (tertiary/aromatic N) is 2. The van der Waals surface area contributed by atoms with E-state index >= 15 is 0 Å². The van der Waals surface area contributed by atoms with Crippen LogP contribution < -0.4 is 0 Å². The van der Waals surface area contributed by atoms with Gasteiger partial charge in [-0.1, -0.05) is 65.3 Å². The van der Waals surface area contributed by atoms with Crippen LogP contribution in [0.5, 0.6) is 0 Å². The van der Waals surface area contributed by atoms with E-state index in [2.05, 4.69) is 68.9 Å². The van der Waals surface area contributed by atoms with Gasteiger partial charge >= 0.3 is 0 Å². The van der Waals surface area contributed by atoms with Crippen molar-refractivity contribution < 1.29 is 0 Å². The molecule has 1 heterocycles. The molecule has 0 aliphatic rings. The van der Waals surface area contributed by atoms with Crippen LogP contribution in [-0.4, -0.2) is 9.97 Å². The second kappa shape index (κ2) is 7.35. The number of rotatable bonds is 1. The highest BCUT2D eigenvalue weighted by molar-refractivity contribution is 5.56. The van der Waals surface area contributed by atoms with Crippen LogP contribution in [0.4, 0.5) is 0 Å². The molecule has 0 saturated carbocycles. The number of aryl methyl sites for hydroxylation is 2. The van der Waals surface area contributed by atoms with Crippen LogP contribution in [-0.2, 0) is 5.41 Å². The molecule has 0 spiro atoms. The van der Waals surface area contributed by atoms with Crippen LogP contribution in [0.3, 0.4) is 0 Å². The van der Waals surface area contributed by atoms with Gasteiger partial charge in [-0.05, 0) is 30.4 Å². The molecule has 0 aliphatic carbocycles. The first-order valence-corrected chi connectivity index (χ1v) is 7.70. The zero-order valence-electron chi connectivity index (χ0n) is 14.5. The van der Waals surface area contributed by atoms with Crippen LogP contribution in [0, 0.1) is 13.8 Å². The molecule has 0 aliphatic heterocycles. The molecule has 2 rings (SSSR count). The molecule has 2 aromatic rings. The monoisotopic (exact) mass is 284 g/mol. The van der Waals surface area contributed by atoms with E-state index in [1.807, 2.05) is 20.0 Å². The Morgan fingerprint density at radius 3 is 1.90 bits per heavy atom. The number of benzene rings is 1. The summed E-state index contributed by atoms with van der Waals surface area (Å²) in [6.45, 7) is 14.9. The molecule has 114 valence electrons. The Morgan fingerprint density at radius 1 is 0.952 bits per heavy atom. The molecule has 0 bridgehead atoms. The van der Waals surface area contributed by atoms with Gasteiger partial charge in [0.15, 0.2) is 5.82 Å². The van der Waals surface area contributed by atoms with Crippen molar-refractivity contribution >= 4 is 0 Å². The van der Waals surface area contributed by atoms with Crippen molar-refractivity contribution in [2.24, 2.45) is 0 Å². The van der Waals surface area contributed by atoms with Gasteiger partial charge in [-0.3, -0.25) is 0 Å². The predicted molar refractivity (Wildman–Crippen MR) is 91.6 cm³/mol. The van der Waals surface area contributed by atoms with Gasteiger partial charge in [0, 0.05) is 17.5 Å². The molecule has 1 aromatic heterocycles. The Balaban J connectivity index is 0.000000677. The molecule has 0 fully saturated rings. The number of aromatic nitrogens is 2. The zero-order valence-corrected chi connectivity index (χ0v) is 14.5. The molecule has 1 aromatic carbocycles. The van der Waals surface area contributed by atoms with Gasteiger partial charge in [0.1, 0.15) is 0 Å². The minimum Gasteiger partial charge on any atom is -0.236 e. The van der Waals surface area contributed by atoms with Crippen molar-refractivity contribution in [3.8, 4) is 11.4 Å². The highest BCUT2D eigenvalue weighted by Crippen LogP contribution is 2.24. The standard InChI is InChI=1S/C16H20N2.C3H8/c1-11-10-17-15(18-12(11)2)13-6-8-14(9-7-13)16(3,4)5;1-3-2/h6-10H,1-5H3;3H2,1-2H3. The third-order valence-corrected chi connectivity index (χ3v) is 3.23. The quantitative estimate of drug-likeness (QED) is 0.693. The summed E-state index contributed by atoms with van der Waals surface area (Å²) in [5.41, 5.74) is 4.76. The molecule has 2 nitrogen and oxygen atoms in total. The molecule has 0 amide bonds. The predicted octanol–water partition coefficient (Wildman–Crippen LogP) is 5.47. The Hall–Kier alpha value is -1.70. The molecule has 0 radical (unpaired) electrons. The summed E-state index contributed by atoms with van der Waals surface area (Å²) in [6.07, 6.45) is 3.13. The SMILES string of the molecule is CCC.Cc1cnc(-c2ccc(C(C)(C)C)cc2)nc1C. The minimum absolute atomic E-state index is 0.183. The highest BCUT2D eigenvalue weighted by atomic mass is 14.9. The van der Waals surface area contributed by atoms with E-state index in [4.69, 9.17) is 0 Å². The lowest BCUT2D eigenvalue weighted by molar-refractivity contribution is 0.590. The Bertz CT molecular complexity index is 563. The average molecular weight is 284 g/mol. The topological polar surface area (TPSA) is 25.8 Å². The van der Waals surface area contributed by atoms with Crippen molar-refractivity contribution in [2.45, 2.75) is 60.3 Å². The van der Waals surface area contributed by atoms with Crippen LogP contribution in [0.15, 0.2) is 30.5 Å². The van der Waals surface area contributed by atoms with Crippen LogP contribution >= 0.6 is 0 Å². The normalized spacial score (nSPS) is 10.8. The molecule has 2 heteroatoms. The van der Waals surface area contributed by atoms with Gasteiger partial charge in [0.25, 0.3) is 0 Å². The molecule has 21 heavy (non-hydrogen) atoms. The maximum Gasteiger partial charge on any atom is 0.159 e. The summed E-state index contributed by atoms with van der Waals surface area (Å²) in [7, 11) is 0. The first-order valence-electron chi connectivity index (χ1n) is 7.70.